The number of carboxylic acids is 1. The predicted octanol–water partition coefficient (Wildman–Crippen LogP) is 4.98. The number of aromatic carboxylic acids is 1. The van der Waals surface area contributed by atoms with Crippen molar-refractivity contribution in [1.29, 1.82) is 0 Å². The second kappa shape index (κ2) is 7.71. The monoisotopic (exact) mass is 413 g/mol. The van der Waals surface area contributed by atoms with E-state index in [1.165, 1.54) is 12.1 Å². The molecule has 5 nitrogen and oxygen atoms in total. The van der Waals surface area contributed by atoms with Crippen LogP contribution in [0.1, 0.15) is 34.3 Å². The van der Waals surface area contributed by atoms with Crippen molar-refractivity contribution in [3.8, 4) is 5.75 Å². The molecule has 2 N–H and O–H groups in total. The zero-order valence-corrected chi connectivity index (χ0v) is 15.1. The Kier molecular flexibility index (Phi) is 5.51. The summed E-state index contributed by atoms with van der Waals surface area (Å²) in [6, 6.07) is 7.37. The van der Waals surface area contributed by atoms with Gasteiger partial charge in [-0.3, -0.25) is 4.79 Å². The summed E-state index contributed by atoms with van der Waals surface area (Å²) in [6.07, 6.45) is -2.99. The summed E-state index contributed by atoms with van der Waals surface area (Å²) < 4.78 is 43.6. The highest BCUT2D eigenvalue weighted by Gasteiger charge is 2.33. The van der Waals surface area contributed by atoms with E-state index in [0.29, 0.717) is 5.56 Å². The molecular weight excluding hydrogens is 399 g/mol. The minimum absolute atomic E-state index is 0.0749. The van der Waals surface area contributed by atoms with Crippen molar-refractivity contribution < 1.29 is 32.6 Å². The Labute approximate surface area is 163 Å². The van der Waals surface area contributed by atoms with Crippen molar-refractivity contribution in [3.63, 3.8) is 0 Å². The van der Waals surface area contributed by atoms with Crippen LogP contribution in [0.5, 0.6) is 5.75 Å². The van der Waals surface area contributed by atoms with Crippen molar-refractivity contribution in [2.75, 3.05) is 5.32 Å². The van der Waals surface area contributed by atoms with Crippen molar-refractivity contribution in [1.82, 2.24) is 0 Å². The molecule has 0 aromatic heterocycles. The molecule has 2 aromatic rings. The predicted molar refractivity (Wildman–Crippen MR) is 95.5 cm³/mol. The van der Waals surface area contributed by atoms with Gasteiger partial charge in [0.15, 0.2) is 0 Å². The molecule has 0 spiro atoms. The van der Waals surface area contributed by atoms with Crippen LogP contribution in [0.2, 0.25) is 5.02 Å². The molecule has 0 atom stereocenters. The Bertz CT molecular complexity index is 926. The lowest BCUT2D eigenvalue weighted by Gasteiger charge is -2.13. The molecule has 1 aliphatic rings. The zero-order chi connectivity index (χ0) is 20.5. The van der Waals surface area contributed by atoms with Gasteiger partial charge in [0.1, 0.15) is 12.4 Å². The van der Waals surface area contributed by atoms with Crippen LogP contribution in [0, 0.1) is 5.92 Å². The van der Waals surface area contributed by atoms with Gasteiger partial charge in [0.05, 0.1) is 21.8 Å². The largest absolute Gasteiger partial charge is 0.489 e. The normalized spacial score (nSPS) is 13.9. The number of hydrogen-bond acceptors (Lipinski definition) is 3. The first-order valence-corrected chi connectivity index (χ1v) is 8.69. The molecular formula is C19H15ClF3NO4. The molecule has 0 bridgehead atoms. The minimum atomic E-state index is -4.56. The summed E-state index contributed by atoms with van der Waals surface area (Å²) in [7, 11) is 0. The molecule has 1 fully saturated rings. The SMILES string of the molecule is O=C(O)c1cc(COc2ccc(C(F)(F)F)c(Cl)c2)ccc1NC(=O)C1CC1. The maximum absolute atomic E-state index is 12.7. The number of amides is 1. The Morgan fingerprint density at radius 3 is 2.46 bits per heavy atom. The van der Waals surface area contributed by atoms with Gasteiger partial charge in [-0.1, -0.05) is 17.7 Å². The van der Waals surface area contributed by atoms with E-state index in [1.807, 2.05) is 0 Å². The Morgan fingerprint density at radius 1 is 1.18 bits per heavy atom. The molecule has 0 saturated heterocycles. The van der Waals surface area contributed by atoms with Gasteiger partial charge < -0.3 is 15.2 Å². The third-order valence-corrected chi connectivity index (χ3v) is 4.48. The molecule has 9 heteroatoms. The van der Waals surface area contributed by atoms with Crippen molar-refractivity contribution in [2.45, 2.75) is 25.6 Å². The first kappa shape index (κ1) is 20.0. The molecule has 0 heterocycles. The fraction of sp³-hybridized carbons (Fsp3) is 0.263. The standard InChI is InChI=1S/C19H15ClF3NO4/c20-15-8-12(4-5-14(15)19(21,22)23)28-9-10-1-6-16(13(7-10)18(26)27)24-17(25)11-2-3-11/h1,4-8,11H,2-3,9H2,(H,24,25)(H,26,27). The quantitative estimate of drug-likeness (QED) is 0.700. The molecule has 1 amide bonds. The minimum Gasteiger partial charge on any atom is -0.489 e. The molecule has 0 unspecified atom stereocenters. The second-order valence-electron chi connectivity index (χ2n) is 6.38. The number of ether oxygens (including phenoxy) is 1. The van der Waals surface area contributed by atoms with Crippen LogP contribution >= 0.6 is 11.6 Å². The second-order valence-corrected chi connectivity index (χ2v) is 6.78. The fourth-order valence-corrected chi connectivity index (χ4v) is 2.81. The highest BCUT2D eigenvalue weighted by atomic mass is 35.5. The fourth-order valence-electron chi connectivity index (χ4n) is 2.53. The van der Waals surface area contributed by atoms with Crippen molar-refractivity contribution >= 4 is 29.2 Å². The van der Waals surface area contributed by atoms with Crippen LogP contribution in [0.25, 0.3) is 0 Å². The number of benzene rings is 2. The number of carbonyl (C=O) groups excluding carboxylic acids is 1. The number of carbonyl (C=O) groups is 2. The summed E-state index contributed by atoms with van der Waals surface area (Å²) in [5.74, 6) is -1.40. The van der Waals surface area contributed by atoms with Crippen LogP contribution < -0.4 is 10.1 Å². The number of alkyl halides is 3. The number of rotatable bonds is 6. The number of hydrogen-bond donors (Lipinski definition) is 2. The average Bonchev–Trinajstić information content (AvgIpc) is 3.44. The molecule has 148 valence electrons. The van der Waals surface area contributed by atoms with Gasteiger partial charge in [-0.05, 0) is 48.7 Å². The summed E-state index contributed by atoms with van der Waals surface area (Å²) in [4.78, 5) is 23.3. The van der Waals surface area contributed by atoms with Gasteiger partial charge in [-0.2, -0.15) is 13.2 Å². The van der Waals surface area contributed by atoms with Crippen molar-refractivity contribution in [2.24, 2.45) is 5.92 Å². The summed E-state index contributed by atoms with van der Waals surface area (Å²) in [5.41, 5.74) is -0.408. The summed E-state index contributed by atoms with van der Waals surface area (Å²) >= 11 is 5.64. The van der Waals surface area contributed by atoms with E-state index in [0.717, 1.165) is 31.0 Å². The van der Waals surface area contributed by atoms with E-state index in [-0.39, 0.29) is 35.4 Å². The van der Waals surface area contributed by atoms with Crippen LogP contribution in [0.3, 0.4) is 0 Å². The van der Waals surface area contributed by atoms with Crippen molar-refractivity contribution in [3.05, 3.63) is 58.1 Å². The number of nitrogens with one attached hydrogen (secondary N) is 1. The van der Waals surface area contributed by atoms with E-state index < -0.39 is 22.7 Å². The molecule has 2 aromatic carbocycles. The zero-order valence-electron chi connectivity index (χ0n) is 14.3. The Balaban J connectivity index is 1.72. The number of halogens is 4. The molecule has 1 aliphatic carbocycles. The Morgan fingerprint density at radius 2 is 1.89 bits per heavy atom. The molecule has 3 rings (SSSR count). The molecule has 0 radical (unpaired) electrons. The third kappa shape index (κ3) is 4.75. The van der Waals surface area contributed by atoms with Gasteiger partial charge >= 0.3 is 12.1 Å². The maximum atomic E-state index is 12.7. The summed E-state index contributed by atoms with van der Waals surface area (Å²) in [5, 5.41) is 11.5. The third-order valence-electron chi connectivity index (χ3n) is 4.17. The van der Waals surface area contributed by atoms with Crippen LogP contribution in [-0.2, 0) is 17.6 Å². The number of anilines is 1. The first-order valence-electron chi connectivity index (χ1n) is 8.32. The molecule has 28 heavy (non-hydrogen) atoms. The van der Waals surface area contributed by atoms with Gasteiger partial charge in [0, 0.05) is 5.92 Å². The van der Waals surface area contributed by atoms with E-state index in [4.69, 9.17) is 16.3 Å². The highest BCUT2D eigenvalue weighted by molar-refractivity contribution is 6.31. The van der Waals surface area contributed by atoms with Crippen LogP contribution in [0.4, 0.5) is 18.9 Å². The lowest BCUT2D eigenvalue weighted by molar-refractivity contribution is -0.137. The topological polar surface area (TPSA) is 75.6 Å². The average molecular weight is 414 g/mol. The molecule has 1 saturated carbocycles. The van der Waals surface area contributed by atoms with Gasteiger partial charge in [0.2, 0.25) is 5.91 Å². The van der Waals surface area contributed by atoms with E-state index in [1.54, 1.807) is 6.07 Å². The van der Waals surface area contributed by atoms with Gasteiger partial charge in [-0.25, -0.2) is 4.79 Å². The maximum Gasteiger partial charge on any atom is 0.417 e. The van der Waals surface area contributed by atoms with Crippen LogP contribution in [-0.4, -0.2) is 17.0 Å². The lowest BCUT2D eigenvalue weighted by Crippen LogP contribution is -2.16. The smallest absolute Gasteiger partial charge is 0.417 e. The molecule has 0 aliphatic heterocycles. The summed E-state index contributed by atoms with van der Waals surface area (Å²) in [6.45, 7) is -0.0845. The highest BCUT2D eigenvalue weighted by Crippen LogP contribution is 2.36. The van der Waals surface area contributed by atoms with E-state index >= 15 is 0 Å². The van der Waals surface area contributed by atoms with E-state index in [9.17, 15) is 27.9 Å². The van der Waals surface area contributed by atoms with Crippen LogP contribution in [0.15, 0.2) is 36.4 Å². The first-order chi connectivity index (χ1) is 13.1. The number of carboxylic acid groups (broad SMARTS) is 1. The lowest BCUT2D eigenvalue weighted by atomic mass is 10.1. The van der Waals surface area contributed by atoms with Gasteiger partial charge in [-0.15, -0.1) is 0 Å². The van der Waals surface area contributed by atoms with Gasteiger partial charge in [0.25, 0.3) is 0 Å². The van der Waals surface area contributed by atoms with E-state index in [2.05, 4.69) is 5.32 Å². The Hall–Kier alpha value is -2.74.